The van der Waals surface area contributed by atoms with Crippen LogP contribution in [-0.4, -0.2) is 99.4 Å². The number of benzene rings is 2. The Kier molecular flexibility index (Phi) is 9.95. The molecule has 0 aliphatic carbocycles. The van der Waals surface area contributed by atoms with Crippen molar-refractivity contribution in [3.05, 3.63) is 76.2 Å². The first-order valence-corrected chi connectivity index (χ1v) is 15.7. The van der Waals surface area contributed by atoms with Crippen molar-refractivity contribution in [1.29, 1.82) is 0 Å². The molecule has 0 aromatic heterocycles. The molecular weight excluding hydrogens is 524 g/mol. The Morgan fingerprint density at radius 1 is 1.10 bits per heavy atom. The minimum absolute atomic E-state index is 0.00418. The zero-order chi connectivity index (χ0) is 29.0. The molecule has 5 atom stereocenters. The van der Waals surface area contributed by atoms with Crippen molar-refractivity contribution in [3.63, 3.8) is 0 Å². The molecule has 2 aliphatic heterocycles. The highest BCUT2D eigenvalue weighted by Crippen LogP contribution is 2.43. The van der Waals surface area contributed by atoms with Crippen molar-refractivity contribution in [2.75, 3.05) is 53.5 Å². The van der Waals surface area contributed by atoms with E-state index in [2.05, 4.69) is 66.4 Å². The van der Waals surface area contributed by atoms with Gasteiger partial charge in [0.2, 0.25) is 10.0 Å². The molecule has 2 aromatic carbocycles. The summed E-state index contributed by atoms with van der Waals surface area (Å²) in [6, 6.07) is 14.9. The van der Waals surface area contributed by atoms with Gasteiger partial charge in [-0.05, 0) is 62.2 Å². The second-order valence-electron chi connectivity index (χ2n) is 11.2. The Hall–Kier alpha value is -2.43. The largest absolute Gasteiger partial charge is 0.383 e. The van der Waals surface area contributed by atoms with E-state index in [1.54, 1.807) is 11.4 Å². The summed E-state index contributed by atoms with van der Waals surface area (Å²) >= 11 is 0. The standard InChI is InChI=1S/C31H44N4O4S/c1-7-33(5)24(4)30(19-32-36)40(37,38)34-17-8-9-18-35-28(20-34)31(29(35)21-39-6)26-15-13-25(14-16-26)27-12-10-11-22(2)23(27)3/h8-16,24,28-31H,7,17-21H2,1-6H3/b9-8-/t24?,28-,29+,30?,31-/m0/s1. The summed E-state index contributed by atoms with van der Waals surface area (Å²) in [5, 5.41) is 2.14. The van der Waals surface area contributed by atoms with E-state index in [9.17, 15) is 13.3 Å². The van der Waals surface area contributed by atoms with Crippen LogP contribution in [0.25, 0.3) is 11.1 Å². The van der Waals surface area contributed by atoms with Crippen LogP contribution >= 0.6 is 0 Å². The predicted molar refractivity (Wildman–Crippen MR) is 162 cm³/mol. The minimum Gasteiger partial charge on any atom is -0.383 e. The number of rotatable bonds is 11. The van der Waals surface area contributed by atoms with Gasteiger partial charge in [0.05, 0.1) is 6.61 Å². The number of hydrogen-bond donors (Lipinski definition) is 0. The fraction of sp³-hybridized carbons (Fsp3) is 0.548. The first-order valence-electron chi connectivity index (χ1n) is 14.2. The van der Waals surface area contributed by atoms with E-state index >= 15 is 0 Å². The van der Waals surface area contributed by atoms with Crippen molar-refractivity contribution in [2.45, 2.75) is 57.0 Å². The Morgan fingerprint density at radius 2 is 1.80 bits per heavy atom. The van der Waals surface area contributed by atoms with Crippen LogP contribution in [0, 0.1) is 18.8 Å². The zero-order valence-electron chi connectivity index (χ0n) is 24.7. The molecule has 0 bridgehead atoms. The molecule has 0 radical (unpaired) electrons. The van der Waals surface area contributed by atoms with Crippen LogP contribution in [0.4, 0.5) is 0 Å². The van der Waals surface area contributed by atoms with E-state index in [0.717, 1.165) is 6.54 Å². The topological polar surface area (TPSA) is 82.5 Å². The number of methoxy groups -OCH3 is 1. The highest BCUT2D eigenvalue weighted by atomic mass is 32.2. The summed E-state index contributed by atoms with van der Waals surface area (Å²) in [4.78, 5) is 15.6. The van der Waals surface area contributed by atoms with E-state index in [-0.39, 0.29) is 37.1 Å². The molecule has 2 aliphatic rings. The van der Waals surface area contributed by atoms with Gasteiger partial charge in [-0.2, -0.15) is 9.21 Å². The lowest BCUT2D eigenvalue weighted by Crippen LogP contribution is -2.68. The van der Waals surface area contributed by atoms with Crippen molar-refractivity contribution in [1.82, 2.24) is 14.1 Å². The third kappa shape index (κ3) is 5.94. The third-order valence-corrected chi connectivity index (χ3v) is 11.5. The molecule has 4 rings (SSSR count). The van der Waals surface area contributed by atoms with Crippen LogP contribution in [0.3, 0.4) is 0 Å². The molecule has 0 saturated carbocycles. The molecule has 2 aromatic rings. The van der Waals surface area contributed by atoms with E-state index in [1.165, 1.54) is 27.8 Å². The van der Waals surface area contributed by atoms with Gasteiger partial charge in [0, 0.05) is 50.8 Å². The Bertz CT molecular complexity index is 1300. The maximum absolute atomic E-state index is 14.0. The van der Waals surface area contributed by atoms with Crippen LogP contribution < -0.4 is 0 Å². The average molecular weight is 569 g/mol. The number of nitroso groups, excluding NO2 is 1. The maximum Gasteiger partial charge on any atom is 0.220 e. The molecule has 0 amide bonds. The Morgan fingerprint density at radius 3 is 2.45 bits per heavy atom. The number of aryl methyl sites for hydroxylation is 1. The molecule has 1 fully saturated rings. The number of nitrogens with zero attached hydrogens (tertiary/aromatic N) is 4. The van der Waals surface area contributed by atoms with E-state index in [1.807, 2.05) is 37.9 Å². The first-order chi connectivity index (χ1) is 19.1. The lowest BCUT2D eigenvalue weighted by molar-refractivity contribution is -0.0509. The normalized spacial score (nSPS) is 24.4. The van der Waals surface area contributed by atoms with Gasteiger partial charge in [0.25, 0.3) is 0 Å². The molecule has 8 nitrogen and oxygen atoms in total. The average Bonchev–Trinajstić information content (AvgIpc) is 2.93. The second-order valence-corrected chi connectivity index (χ2v) is 13.3. The predicted octanol–water partition coefficient (Wildman–Crippen LogP) is 4.43. The van der Waals surface area contributed by atoms with Crippen molar-refractivity contribution >= 4 is 10.0 Å². The van der Waals surface area contributed by atoms with Gasteiger partial charge in [-0.15, -0.1) is 0 Å². The second kappa shape index (κ2) is 13.0. The highest BCUT2D eigenvalue weighted by Gasteiger charge is 2.51. The Balaban J connectivity index is 1.65. The molecule has 1 saturated heterocycles. The SMILES string of the molecule is CCN(C)C(C)C(CN=O)S(=O)(=O)N1C/C=C\CN2[C@H](COC)[C@@H](c3ccc(-c4cccc(C)c4C)cc3)[C@@H]2C1. The lowest BCUT2D eigenvalue weighted by Gasteiger charge is -2.56. The molecule has 40 heavy (non-hydrogen) atoms. The maximum atomic E-state index is 14.0. The van der Waals surface area contributed by atoms with Gasteiger partial charge in [-0.1, -0.05) is 66.7 Å². The number of hydrogen-bond acceptors (Lipinski definition) is 7. The van der Waals surface area contributed by atoms with Gasteiger partial charge < -0.3 is 9.64 Å². The van der Waals surface area contributed by atoms with Crippen LogP contribution in [-0.2, 0) is 14.8 Å². The summed E-state index contributed by atoms with van der Waals surface area (Å²) in [5.41, 5.74) is 6.13. The highest BCUT2D eigenvalue weighted by molar-refractivity contribution is 7.89. The fourth-order valence-electron chi connectivity index (χ4n) is 6.28. The minimum atomic E-state index is -3.80. The number of fused-ring (bicyclic) bond motifs is 1. The van der Waals surface area contributed by atoms with Gasteiger partial charge in [-0.3, -0.25) is 4.90 Å². The summed E-state index contributed by atoms with van der Waals surface area (Å²) in [6.45, 7) is 10.5. The van der Waals surface area contributed by atoms with Crippen LogP contribution in [0.1, 0.15) is 36.5 Å². The van der Waals surface area contributed by atoms with Crippen molar-refractivity contribution < 1.29 is 13.2 Å². The fourth-order valence-corrected chi connectivity index (χ4v) is 8.27. The lowest BCUT2D eigenvalue weighted by atomic mass is 9.74. The van der Waals surface area contributed by atoms with E-state index in [0.29, 0.717) is 19.7 Å². The first kappa shape index (κ1) is 30.5. The third-order valence-electron chi connectivity index (χ3n) is 9.14. The summed E-state index contributed by atoms with van der Waals surface area (Å²) in [7, 11) is -0.204. The summed E-state index contributed by atoms with van der Waals surface area (Å²) in [6.07, 6.45) is 3.97. The van der Waals surface area contributed by atoms with Gasteiger partial charge in [0.1, 0.15) is 11.8 Å². The van der Waals surface area contributed by atoms with Crippen LogP contribution in [0.5, 0.6) is 0 Å². The monoisotopic (exact) mass is 568 g/mol. The smallest absolute Gasteiger partial charge is 0.220 e. The molecule has 0 spiro atoms. The molecule has 0 N–H and O–H groups in total. The van der Waals surface area contributed by atoms with Crippen molar-refractivity contribution in [2.24, 2.45) is 5.18 Å². The molecule has 9 heteroatoms. The molecular formula is C31H44N4O4S. The zero-order valence-corrected chi connectivity index (χ0v) is 25.5. The summed E-state index contributed by atoms with van der Waals surface area (Å²) in [5.74, 6) is 0.121. The van der Waals surface area contributed by atoms with Gasteiger partial charge in [-0.25, -0.2) is 8.42 Å². The molecule has 218 valence electrons. The quantitative estimate of drug-likeness (QED) is 0.295. The number of sulfonamides is 1. The molecule has 2 unspecified atom stereocenters. The number of ether oxygens (including phenoxy) is 1. The van der Waals surface area contributed by atoms with Crippen molar-refractivity contribution in [3.8, 4) is 11.1 Å². The van der Waals surface area contributed by atoms with E-state index < -0.39 is 15.3 Å². The van der Waals surface area contributed by atoms with Gasteiger partial charge in [0.15, 0.2) is 0 Å². The van der Waals surface area contributed by atoms with Crippen LogP contribution in [0.2, 0.25) is 0 Å². The van der Waals surface area contributed by atoms with Crippen LogP contribution in [0.15, 0.2) is 59.8 Å². The van der Waals surface area contributed by atoms with Gasteiger partial charge >= 0.3 is 0 Å². The molecule has 2 heterocycles. The summed E-state index contributed by atoms with van der Waals surface area (Å²) < 4.78 is 35.2. The van der Waals surface area contributed by atoms with E-state index in [4.69, 9.17) is 4.74 Å². The Labute approximate surface area is 240 Å².